The van der Waals surface area contributed by atoms with E-state index in [0.717, 1.165) is 11.3 Å². The van der Waals surface area contributed by atoms with Crippen LogP contribution >= 0.6 is 0 Å². The zero-order valence-corrected chi connectivity index (χ0v) is 18.3. The molecule has 8 nitrogen and oxygen atoms in total. The first kappa shape index (κ1) is 22.0. The van der Waals surface area contributed by atoms with Crippen molar-refractivity contribution in [1.82, 2.24) is 4.90 Å². The Morgan fingerprint density at radius 3 is 2.03 bits per heavy atom. The third-order valence-electron chi connectivity index (χ3n) is 4.84. The van der Waals surface area contributed by atoms with Crippen LogP contribution in [0.25, 0.3) is 5.57 Å². The van der Waals surface area contributed by atoms with E-state index in [1.807, 2.05) is 6.92 Å². The van der Waals surface area contributed by atoms with E-state index < -0.39 is 5.91 Å². The number of carbonyl (C=O) groups excluding carboxylic acids is 2. The normalized spacial score (nSPS) is 13.5. The summed E-state index contributed by atoms with van der Waals surface area (Å²) in [5.41, 5.74) is 1.58. The van der Waals surface area contributed by atoms with Gasteiger partial charge in [0, 0.05) is 24.9 Å². The molecule has 0 saturated carbocycles. The second-order valence-electron chi connectivity index (χ2n) is 6.83. The highest BCUT2D eigenvalue weighted by molar-refractivity contribution is 6.36. The Bertz CT molecular complexity index is 988. The van der Waals surface area contributed by atoms with Crippen LogP contribution in [0.2, 0.25) is 0 Å². The summed E-state index contributed by atoms with van der Waals surface area (Å²) < 4.78 is 21.7. The predicted octanol–water partition coefficient (Wildman–Crippen LogP) is 3.32. The largest absolute Gasteiger partial charge is 0.494 e. The quantitative estimate of drug-likeness (QED) is 0.616. The number of amides is 2. The number of nitrogens with one attached hydrogen (secondary N) is 1. The SMILES string of the molecule is CCCOc1ccc(C2=C(Nc3cc(OC)c(OC)c(OC)c3)C(=O)N(C)C2=O)cc1. The van der Waals surface area contributed by atoms with Crippen molar-refractivity contribution in [3.63, 3.8) is 0 Å². The van der Waals surface area contributed by atoms with E-state index in [1.165, 1.54) is 28.4 Å². The molecule has 0 atom stereocenters. The molecular weight excluding hydrogens is 400 g/mol. The minimum atomic E-state index is -0.430. The molecule has 0 radical (unpaired) electrons. The lowest BCUT2D eigenvalue weighted by atomic mass is 10.0. The number of imide groups is 1. The van der Waals surface area contributed by atoms with Crippen molar-refractivity contribution in [2.45, 2.75) is 13.3 Å². The van der Waals surface area contributed by atoms with Crippen LogP contribution in [0.5, 0.6) is 23.0 Å². The fraction of sp³-hybridized carbons (Fsp3) is 0.304. The Labute approximate surface area is 181 Å². The zero-order valence-electron chi connectivity index (χ0n) is 18.3. The number of methoxy groups -OCH3 is 3. The first-order chi connectivity index (χ1) is 14.9. The van der Waals surface area contributed by atoms with Gasteiger partial charge in [-0.05, 0) is 24.1 Å². The molecule has 1 aliphatic rings. The average Bonchev–Trinajstić information content (AvgIpc) is 3.00. The van der Waals surface area contributed by atoms with Gasteiger partial charge in [0.1, 0.15) is 11.4 Å². The van der Waals surface area contributed by atoms with Crippen molar-refractivity contribution in [2.75, 3.05) is 40.3 Å². The molecule has 31 heavy (non-hydrogen) atoms. The fourth-order valence-corrected chi connectivity index (χ4v) is 3.26. The van der Waals surface area contributed by atoms with Crippen LogP contribution in [0.15, 0.2) is 42.1 Å². The maximum Gasteiger partial charge on any atom is 0.277 e. The second-order valence-corrected chi connectivity index (χ2v) is 6.83. The van der Waals surface area contributed by atoms with E-state index in [1.54, 1.807) is 36.4 Å². The van der Waals surface area contributed by atoms with Gasteiger partial charge in [0.05, 0.1) is 33.5 Å². The molecule has 8 heteroatoms. The average molecular weight is 426 g/mol. The molecule has 0 saturated heterocycles. The van der Waals surface area contributed by atoms with Crippen LogP contribution in [0.1, 0.15) is 18.9 Å². The zero-order chi connectivity index (χ0) is 22.5. The number of hydrogen-bond donors (Lipinski definition) is 1. The fourth-order valence-electron chi connectivity index (χ4n) is 3.26. The number of hydrogen-bond acceptors (Lipinski definition) is 7. The maximum atomic E-state index is 12.8. The Morgan fingerprint density at radius 1 is 0.903 bits per heavy atom. The number of benzene rings is 2. The lowest BCUT2D eigenvalue weighted by molar-refractivity contribution is -0.135. The molecule has 0 bridgehead atoms. The summed E-state index contributed by atoms with van der Waals surface area (Å²) in [6, 6.07) is 10.4. The van der Waals surface area contributed by atoms with Crippen LogP contribution in [-0.2, 0) is 9.59 Å². The van der Waals surface area contributed by atoms with Crippen molar-refractivity contribution in [3.8, 4) is 23.0 Å². The van der Waals surface area contributed by atoms with Gasteiger partial charge in [0.25, 0.3) is 11.8 Å². The highest BCUT2D eigenvalue weighted by Gasteiger charge is 2.37. The molecule has 164 valence electrons. The van der Waals surface area contributed by atoms with E-state index in [2.05, 4.69) is 5.32 Å². The summed E-state index contributed by atoms with van der Waals surface area (Å²) in [4.78, 5) is 26.7. The van der Waals surface area contributed by atoms with Crippen molar-refractivity contribution >= 4 is 23.1 Å². The summed E-state index contributed by atoms with van der Waals surface area (Å²) in [6.45, 7) is 2.63. The number of ether oxygens (including phenoxy) is 4. The Hall–Kier alpha value is -3.68. The smallest absolute Gasteiger partial charge is 0.277 e. The van der Waals surface area contributed by atoms with Gasteiger partial charge in [0.2, 0.25) is 5.75 Å². The minimum absolute atomic E-state index is 0.170. The number of rotatable bonds is 9. The minimum Gasteiger partial charge on any atom is -0.494 e. The van der Waals surface area contributed by atoms with Gasteiger partial charge < -0.3 is 24.3 Å². The molecule has 0 aromatic heterocycles. The Balaban J connectivity index is 2.03. The maximum absolute atomic E-state index is 12.8. The van der Waals surface area contributed by atoms with Gasteiger partial charge in [-0.1, -0.05) is 19.1 Å². The number of anilines is 1. The monoisotopic (exact) mass is 426 g/mol. The molecule has 2 aromatic carbocycles. The van der Waals surface area contributed by atoms with Crippen LogP contribution in [0, 0.1) is 0 Å². The first-order valence-electron chi connectivity index (χ1n) is 9.82. The molecule has 0 spiro atoms. The molecule has 0 unspecified atom stereocenters. The third-order valence-corrected chi connectivity index (χ3v) is 4.84. The highest BCUT2D eigenvalue weighted by Crippen LogP contribution is 2.41. The molecular formula is C23H26N2O6. The summed E-state index contributed by atoms with van der Waals surface area (Å²) in [5, 5.41) is 3.07. The highest BCUT2D eigenvalue weighted by atomic mass is 16.5. The van der Waals surface area contributed by atoms with Crippen LogP contribution in [0.3, 0.4) is 0 Å². The topological polar surface area (TPSA) is 86.3 Å². The van der Waals surface area contributed by atoms with Gasteiger partial charge in [-0.15, -0.1) is 0 Å². The molecule has 2 amide bonds. The molecule has 0 aliphatic carbocycles. The van der Waals surface area contributed by atoms with Crippen LogP contribution < -0.4 is 24.3 Å². The Morgan fingerprint density at radius 2 is 1.52 bits per heavy atom. The van der Waals surface area contributed by atoms with E-state index in [-0.39, 0.29) is 17.2 Å². The Kier molecular flexibility index (Phi) is 6.69. The molecule has 2 aromatic rings. The molecule has 1 N–H and O–H groups in total. The molecule has 1 aliphatic heterocycles. The summed E-state index contributed by atoms with van der Waals surface area (Å²) in [5.74, 6) is 1.17. The molecule has 3 rings (SSSR count). The van der Waals surface area contributed by atoms with E-state index >= 15 is 0 Å². The van der Waals surface area contributed by atoms with Crippen LogP contribution in [0.4, 0.5) is 5.69 Å². The first-order valence-corrected chi connectivity index (χ1v) is 9.82. The molecule has 0 fully saturated rings. The number of likely N-dealkylation sites (N-methyl/N-ethyl adjacent to an activating group) is 1. The number of nitrogens with zero attached hydrogens (tertiary/aromatic N) is 1. The van der Waals surface area contributed by atoms with Gasteiger partial charge >= 0.3 is 0 Å². The lowest BCUT2D eigenvalue weighted by Crippen LogP contribution is -2.27. The van der Waals surface area contributed by atoms with Gasteiger partial charge in [0.15, 0.2) is 11.5 Å². The van der Waals surface area contributed by atoms with Crippen molar-refractivity contribution in [1.29, 1.82) is 0 Å². The van der Waals surface area contributed by atoms with E-state index in [4.69, 9.17) is 18.9 Å². The van der Waals surface area contributed by atoms with Gasteiger partial charge in [-0.25, -0.2) is 0 Å². The third kappa shape index (κ3) is 4.28. The van der Waals surface area contributed by atoms with E-state index in [9.17, 15) is 9.59 Å². The van der Waals surface area contributed by atoms with Gasteiger partial charge in [-0.3, -0.25) is 14.5 Å². The molecule has 1 heterocycles. The standard InChI is InChI=1S/C23H26N2O6/c1-6-11-31-16-9-7-14(8-10-16)19-20(23(27)25(2)22(19)26)24-15-12-17(28-3)21(30-5)18(13-15)29-4/h7-10,12-13,24H,6,11H2,1-5H3. The van der Waals surface area contributed by atoms with Crippen LogP contribution in [-0.4, -0.2) is 51.7 Å². The lowest BCUT2D eigenvalue weighted by Gasteiger charge is -2.15. The summed E-state index contributed by atoms with van der Waals surface area (Å²) in [7, 11) is 5.97. The van der Waals surface area contributed by atoms with Gasteiger partial charge in [-0.2, -0.15) is 0 Å². The number of carbonyl (C=O) groups is 2. The van der Waals surface area contributed by atoms with Crippen molar-refractivity contribution in [2.24, 2.45) is 0 Å². The second kappa shape index (κ2) is 9.42. The summed E-state index contributed by atoms with van der Waals surface area (Å²) in [6.07, 6.45) is 0.896. The van der Waals surface area contributed by atoms with Crippen molar-refractivity contribution < 1.29 is 28.5 Å². The van der Waals surface area contributed by atoms with E-state index in [0.29, 0.717) is 40.9 Å². The summed E-state index contributed by atoms with van der Waals surface area (Å²) >= 11 is 0. The predicted molar refractivity (Wildman–Crippen MR) is 117 cm³/mol. The van der Waals surface area contributed by atoms with Crippen molar-refractivity contribution in [3.05, 3.63) is 47.7 Å².